The molecule has 13 aromatic rings. The third-order valence-electron chi connectivity index (χ3n) is 12.9. The summed E-state index contributed by atoms with van der Waals surface area (Å²) >= 11 is 1.87. The highest BCUT2D eigenvalue weighted by molar-refractivity contribution is 7.26. The van der Waals surface area contributed by atoms with Crippen molar-refractivity contribution in [1.29, 1.82) is 0 Å². The molecule has 10 aromatic carbocycles. The third-order valence-corrected chi connectivity index (χ3v) is 14.1. The Labute approximate surface area is 367 Å². The second-order valence-electron chi connectivity index (χ2n) is 16.6. The van der Waals surface area contributed by atoms with Crippen molar-refractivity contribution in [1.82, 2.24) is 14.5 Å². The van der Waals surface area contributed by atoms with E-state index in [1.54, 1.807) is 0 Å². The number of aryl methyl sites for hydroxylation is 1. The zero-order valence-corrected chi connectivity index (χ0v) is 35.2. The highest BCUT2D eigenvalue weighted by Gasteiger charge is 2.17. The predicted molar refractivity (Wildman–Crippen MR) is 268 cm³/mol. The number of thiophene rings is 1. The molecule has 4 heteroatoms. The van der Waals surface area contributed by atoms with Crippen LogP contribution < -0.4 is 0 Å². The molecule has 0 amide bonds. The van der Waals surface area contributed by atoms with Crippen LogP contribution in [0.4, 0.5) is 0 Å². The molecule has 294 valence electrons. The molecule has 0 spiro atoms. The van der Waals surface area contributed by atoms with Crippen LogP contribution in [0, 0.1) is 6.92 Å². The van der Waals surface area contributed by atoms with Gasteiger partial charge in [0.25, 0.3) is 0 Å². The van der Waals surface area contributed by atoms with E-state index in [0.717, 1.165) is 66.2 Å². The van der Waals surface area contributed by atoms with E-state index in [4.69, 9.17) is 9.97 Å². The van der Waals surface area contributed by atoms with Gasteiger partial charge in [-0.2, -0.15) is 0 Å². The van der Waals surface area contributed by atoms with Gasteiger partial charge in [0.2, 0.25) is 0 Å². The summed E-state index contributed by atoms with van der Waals surface area (Å²) in [5, 5.41) is 9.64. The van der Waals surface area contributed by atoms with Gasteiger partial charge < -0.3 is 4.57 Å². The first-order chi connectivity index (χ1) is 31.1. The lowest BCUT2D eigenvalue weighted by Gasteiger charge is -2.14. The van der Waals surface area contributed by atoms with E-state index < -0.39 is 0 Å². The van der Waals surface area contributed by atoms with Gasteiger partial charge in [-0.3, -0.25) is 4.98 Å². The minimum absolute atomic E-state index is 0.866. The Morgan fingerprint density at radius 2 is 0.984 bits per heavy atom. The van der Waals surface area contributed by atoms with E-state index in [0.29, 0.717) is 0 Å². The van der Waals surface area contributed by atoms with E-state index >= 15 is 0 Å². The van der Waals surface area contributed by atoms with Crippen LogP contribution in [-0.2, 0) is 0 Å². The lowest BCUT2D eigenvalue weighted by molar-refractivity contribution is 1.18. The van der Waals surface area contributed by atoms with Gasteiger partial charge in [0.1, 0.15) is 0 Å². The smallest absolute Gasteiger partial charge is 0.0979 e. The van der Waals surface area contributed by atoms with Crippen molar-refractivity contribution >= 4 is 85.9 Å². The Morgan fingerprint density at radius 3 is 1.75 bits per heavy atom. The van der Waals surface area contributed by atoms with Crippen molar-refractivity contribution in [3.8, 4) is 50.3 Å². The first-order valence-electron chi connectivity index (χ1n) is 21.5. The van der Waals surface area contributed by atoms with Crippen LogP contribution in [0.2, 0.25) is 0 Å². The Morgan fingerprint density at radius 1 is 0.397 bits per heavy atom. The SMILES string of the molecule is Cc1cccc(-c2cnc3c4cc(-c5cccc(-c6cccc7c6sc6ccccc67)c5)ccc4c4ccc(-c5cccc(-n6c7ccccc7c7ccccc76)c5)cc4c3n2)c1. The van der Waals surface area contributed by atoms with Crippen LogP contribution >= 0.6 is 11.3 Å². The molecular weight excluding hydrogens is 783 g/mol. The van der Waals surface area contributed by atoms with Crippen molar-refractivity contribution in [2.45, 2.75) is 6.92 Å². The summed E-state index contributed by atoms with van der Waals surface area (Å²) in [4.78, 5) is 10.7. The number of hydrogen-bond donors (Lipinski definition) is 0. The fourth-order valence-corrected chi connectivity index (χ4v) is 11.1. The van der Waals surface area contributed by atoms with Crippen LogP contribution in [0.3, 0.4) is 0 Å². The molecule has 0 fully saturated rings. The van der Waals surface area contributed by atoms with Gasteiger partial charge >= 0.3 is 0 Å². The van der Waals surface area contributed by atoms with Gasteiger partial charge in [-0.05, 0) is 106 Å². The van der Waals surface area contributed by atoms with Crippen molar-refractivity contribution in [3.63, 3.8) is 0 Å². The van der Waals surface area contributed by atoms with Crippen LogP contribution in [-0.4, -0.2) is 14.5 Å². The standard InChI is InChI=1S/C59H37N3S/c1-36-12-8-16-42(30-36)53-35-60-57-51-33-39(37-13-9-15-41(31-37)44-21-11-22-50-49-20-4-7-25-56(49)63-59(44)50)26-28-45(51)46-29-27-40(34-52(46)58(57)61-53)38-14-10-17-43(32-38)62-54-23-5-2-18-47(54)48-19-3-6-24-55(48)62/h2-35H,1H3. The van der Waals surface area contributed by atoms with Crippen LogP contribution in [0.15, 0.2) is 206 Å². The van der Waals surface area contributed by atoms with E-state index in [1.165, 1.54) is 64.2 Å². The molecular formula is C59H37N3S. The molecule has 3 aromatic heterocycles. The number of rotatable bonds is 5. The Hall–Kier alpha value is -7.92. The summed E-state index contributed by atoms with van der Waals surface area (Å²) in [6, 6.07) is 73.0. The molecule has 3 nitrogen and oxygen atoms in total. The fraction of sp³-hybridized carbons (Fsp3) is 0.0169. The summed E-state index contributed by atoms with van der Waals surface area (Å²) in [5.41, 5.74) is 15.5. The average Bonchev–Trinajstić information content (AvgIpc) is 3.90. The number of para-hydroxylation sites is 2. The van der Waals surface area contributed by atoms with Gasteiger partial charge in [-0.15, -0.1) is 11.3 Å². The molecule has 0 radical (unpaired) electrons. The Bertz CT molecular complexity index is 3950. The summed E-state index contributed by atoms with van der Waals surface area (Å²) in [7, 11) is 0. The average molecular weight is 820 g/mol. The molecule has 3 heterocycles. The van der Waals surface area contributed by atoms with E-state index in [2.05, 4.69) is 212 Å². The fourth-order valence-electron chi connectivity index (χ4n) is 9.89. The molecule has 0 saturated carbocycles. The summed E-state index contributed by atoms with van der Waals surface area (Å²) in [6.45, 7) is 2.13. The van der Waals surface area contributed by atoms with Crippen LogP contribution in [0.1, 0.15) is 5.56 Å². The van der Waals surface area contributed by atoms with Gasteiger partial charge in [-0.1, -0.05) is 151 Å². The highest BCUT2D eigenvalue weighted by Crippen LogP contribution is 2.43. The number of nitrogens with zero attached hydrogens (tertiary/aromatic N) is 3. The van der Waals surface area contributed by atoms with Crippen molar-refractivity contribution in [2.75, 3.05) is 0 Å². The molecule has 13 rings (SSSR count). The Kier molecular flexibility index (Phi) is 7.99. The van der Waals surface area contributed by atoms with Crippen molar-refractivity contribution < 1.29 is 0 Å². The maximum absolute atomic E-state index is 5.46. The van der Waals surface area contributed by atoms with Crippen molar-refractivity contribution in [2.24, 2.45) is 0 Å². The second kappa shape index (κ2) is 14.1. The van der Waals surface area contributed by atoms with Crippen LogP contribution in [0.5, 0.6) is 0 Å². The first kappa shape index (κ1) is 35.8. The quantitative estimate of drug-likeness (QED) is 0.162. The zero-order chi connectivity index (χ0) is 41.6. The van der Waals surface area contributed by atoms with Gasteiger partial charge in [0.15, 0.2) is 0 Å². The largest absolute Gasteiger partial charge is 0.309 e. The number of hydrogen-bond acceptors (Lipinski definition) is 3. The maximum atomic E-state index is 5.46. The molecule has 0 aliphatic carbocycles. The molecule has 0 aliphatic heterocycles. The minimum Gasteiger partial charge on any atom is -0.309 e. The normalized spacial score (nSPS) is 11.9. The minimum atomic E-state index is 0.866. The number of aromatic nitrogens is 3. The highest BCUT2D eigenvalue weighted by atomic mass is 32.1. The van der Waals surface area contributed by atoms with E-state index in [9.17, 15) is 0 Å². The molecule has 0 N–H and O–H groups in total. The molecule has 63 heavy (non-hydrogen) atoms. The topological polar surface area (TPSA) is 30.7 Å². The van der Waals surface area contributed by atoms with Crippen LogP contribution in [0.25, 0.3) is 125 Å². The monoisotopic (exact) mass is 819 g/mol. The number of fused-ring (bicyclic) bond motifs is 12. The van der Waals surface area contributed by atoms with E-state index in [1.807, 2.05) is 17.5 Å². The molecule has 0 aliphatic rings. The summed E-state index contributed by atoms with van der Waals surface area (Å²) < 4.78 is 5.02. The zero-order valence-electron chi connectivity index (χ0n) is 34.4. The summed E-state index contributed by atoms with van der Waals surface area (Å²) in [6.07, 6.45) is 1.94. The molecule has 0 bridgehead atoms. The molecule has 0 saturated heterocycles. The van der Waals surface area contributed by atoms with Crippen molar-refractivity contribution in [3.05, 3.63) is 212 Å². The number of benzene rings is 10. The molecule has 0 unspecified atom stereocenters. The second-order valence-corrected chi connectivity index (χ2v) is 17.7. The van der Waals surface area contributed by atoms with Gasteiger partial charge in [0, 0.05) is 53.0 Å². The van der Waals surface area contributed by atoms with Gasteiger partial charge in [-0.25, -0.2) is 4.98 Å². The summed E-state index contributed by atoms with van der Waals surface area (Å²) in [5.74, 6) is 0. The first-order valence-corrected chi connectivity index (χ1v) is 22.3. The Balaban J connectivity index is 0.984. The van der Waals surface area contributed by atoms with E-state index in [-0.39, 0.29) is 0 Å². The maximum Gasteiger partial charge on any atom is 0.0979 e. The predicted octanol–water partition coefficient (Wildman–Crippen LogP) is 16.4. The molecule has 0 atom stereocenters. The lowest BCUT2D eigenvalue weighted by Crippen LogP contribution is -1.95. The third kappa shape index (κ3) is 5.72. The lowest BCUT2D eigenvalue weighted by atomic mass is 9.92. The van der Waals surface area contributed by atoms with Gasteiger partial charge in [0.05, 0.1) is 34.0 Å².